The molecule has 106 valence electrons. The van der Waals surface area contributed by atoms with Gasteiger partial charge in [-0.25, -0.2) is 0 Å². The number of hydrogen-bond acceptors (Lipinski definition) is 4. The van der Waals surface area contributed by atoms with Crippen LogP contribution in [-0.2, 0) is 6.54 Å². The van der Waals surface area contributed by atoms with Crippen LogP contribution in [0, 0.1) is 0 Å². The third-order valence-electron chi connectivity index (χ3n) is 3.05. The molecule has 0 saturated carbocycles. The second-order valence-electron chi connectivity index (χ2n) is 4.60. The van der Waals surface area contributed by atoms with E-state index >= 15 is 0 Å². The normalized spacial score (nSPS) is 12.3. The first-order chi connectivity index (χ1) is 10.2. The van der Waals surface area contributed by atoms with Gasteiger partial charge >= 0.3 is 0 Å². The number of tetrazole rings is 1. The van der Waals surface area contributed by atoms with Crippen molar-refractivity contribution in [1.29, 1.82) is 0 Å². The van der Waals surface area contributed by atoms with E-state index in [0.29, 0.717) is 5.82 Å². The molecular weight excluding hydrogens is 332 g/mol. The van der Waals surface area contributed by atoms with Gasteiger partial charge in [0.25, 0.3) is 0 Å². The third kappa shape index (κ3) is 3.34. The third-order valence-corrected chi connectivity index (χ3v) is 3.55. The quantitative estimate of drug-likeness (QED) is 0.790. The van der Waals surface area contributed by atoms with Crippen molar-refractivity contribution in [2.75, 3.05) is 0 Å². The van der Waals surface area contributed by atoms with E-state index in [1.807, 2.05) is 54.6 Å². The molecule has 21 heavy (non-hydrogen) atoms. The van der Waals surface area contributed by atoms with E-state index in [4.69, 9.17) is 0 Å². The van der Waals surface area contributed by atoms with Crippen LogP contribution in [0.1, 0.15) is 11.7 Å². The number of benzene rings is 2. The molecule has 1 atom stereocenters. The monoisotopic (exact) mass is 344 g/mol. The molecule has 3 aromatic rings. The van der Waals surface area contributed by atoms with E-state index in [1.54, 1.807) is 0 Å². The summed E-state index contributed by atoms with van der Waals surface area (Å²) in [4.78, 5) is 1.41. The Bertz CT molecular complexity index is 729. The Kier molecular flexibility index (Phi) is 4.08. The van der Waals surface area contributed by atoms with Crippen molar-refractivity contribution in [1.82, 2.24) is 20.2 Å². The van der Waals surface area contributed by atoms with Crippen molar-refractivity contribution in [3.05, 3.63) is 64.6 Å². The zero-order valence-electron chi connectivity index (χ0n) is 11.1. The summed E-state index contributed by atoms with van der Waals surface area (Å²) in [5.41, 5.74) is 1.71. The molecule has 2 aromatic carbocycles. The molecule has 5 nitrogen and oxygen atoms in total. The summed E-state index contributed by atoms with van der Waals surface area (Å²) in [6.45, 7) is 0.260. The lowest BCUT2D eigenvalue weighted by atomic mass is 10.1. The van der Waals surface area contributed by atoms with Gasteiger partial charge in [0.2, 0.25) is 5.82 Å². The molecule has 0 radical (unpaired) electrons. The van der Waals surface area contributed by atoms with Crippen LogP contribution in [0.15, 0.2) is 59.1 Å². The summed E-state index contributed by atoms with van der Waals surface area (Å²) in [6, 6.07) is 17.2. The lowest BCUT2D eigenvalue weighted by molar-refractivity contribution is 0.144. The van der Waals surface area contributed by atoms with E-state index in [2.05, 4.69) is 31.3 Å². The van der Waals surface area contributed by atoms with Crippen molar-refractivity contribution in [3.63, 3.8) is 0 Å². The zero-order valence-corrected chi connectivity index (χ0v) is 12.7. The van der Waals surface area contributed by atoms with Crippen molar-refractivity contribution >= 4 is 15.9 Å². The molecule has 1 N–H and O–H groups in total. The molecule has 3 rings (SSSR count). The number of aromatic nitrogens is 4. The standard InChI is InChI=1S/C15H13BrN4O/c16-13-8-4-7-12(9-13)14(21)10-20-18-15(17-19-20)11-5-2-1-3-6-11/h1-9,14,21H,10H2. The highest BCUT2D eigenvalue weighted by molar-refractivity contribution is 9.10. The molecule has 0 aliphatic carbocycles. The van der Waals surface area contributed by atoms with Crippen molar-refractivity contribution in [2.24, 2.45) is 0 Å². The van der Waals surface area contributed by atoms with Gasteiger partial charge in [-0.3, -0.25) is 0 Å². The molecule has 1 heterocycles. The Morgan fingerprint density at radius 3 is 2.67 bits per heavy atom. The topological polar surface area (TPSA) is 63.8 Å². The lowest BCUT2D eigenvalue weighted by Crippen LogP contribution is -2.11. The van der Waals surface area contributed by atoms with Crippen molar-refractivity contribution in [3.8, 4) is 11.4 Å². The second kappa shape index (κ2) is 6.15. The van der Waals surface area contributed by atoms with E-state index in [-0.39, 0.29) is 6.54 Å². The maximum atomic E-state index is 10.2. The molecular formula is C15H13BrN4O. The van der Waals surface area contributed by atoms with E-state index in [1.165, 1.54) is 4.80 Å². The molecule has 0 saturated heterocycles. The van der Waals surface area contributed by atoms with Crippen LogP contribution in [0.2, 0.25) is 0 Å². The van der Waals surface area contributed by atoms with Gasteiger partial charge in [0, 0.05) is 10.0 Å². The number of rotatable bonds is 4. The van der Waals surface area contributed by atoms with Gasteiger partial charge in [0.15, 0.2) is 0 Å². The minimum absolute atomic E-state index is 0.260. The van der Waals surface area contributed by atoms with Gasteiger partial charge in [0.1, 0.15) is 6.10 Å². The first-order valence-electron chi connectivity index (χ1n) is 6.49. The summed E-state index contributed by atoms with van der Waals surface area (Å²) in [7, 11) is 0. The summed E-state index contributed by atoms with van der Waals surface area (Å²) >= 11 is 3.39. The van der Waals surface area contributed by atoms with Gasteiger partial charge in [-0.1, -0.05) is 58.4 Å². The van der Waals surface area contributed by atoms with E-state index in [9.17, 15) is 5.11 Å². The van der Waals surface area contributed by atoms with Gasteiger partial charge in [-0.2, -0.15) is 4.80 Å². The minimum atomic E-state index is -0.680. The Balaban J connectivity index is 1.75. The maximum absolute atomic E-state index is 10.2. The molecule has 0 fully saturated rings. The fraction of sp³-hybridized carbons (Fsp3) is 0.133. The van der Waals surface area contributed by atoms with Gasteiger partial charge in [0.05, 0.1) is 6.54 Å². The molecule has 0 aliphatic rings. The van der Waals surface area contributed by atoms with Crippen LogP contribution in [-0.4, -0.2) is 25.3 Å². The fourth-order valence-electron chi connectivity index (χ4n) is 2.00. The van der Waals surface area contributed by atoms with Crippen molar-refractivity contribution < 1.29 is 5.11 Å². The SMILES string of the molecule is OC(Cn1nnc(-c2ccccc2)n1)c1cccc(Br)c1. The number of aliphatic hydroxyl groups excluding tert-OH is 1. The zero-order chi connectivity index (χ0) is 14.7. The van der Waals surface area contributed by atoms with E-state index in [0.717, 1.165) is 15.6 Å². The van der Waals surface area contributed by atoms with Gasteiger partial charge in [-0.15, -0.1) is 10.2 Å². The number of nitrogens with zero attached hydrogens (tertiary/aromatic N) is 4. The lowest BCUT2D eigenvalue weighted by Gasteiger charge is -2.09. The first-order valence-corrected chi connectivity index (χ1v) is 7.28. The number of aliphatic hydroxyl groups is 1. The smallest absolute Gasteiger partial charge is 0.204 e. The van der Waals surface area contributed by atoms with Crippen LogP contribution >= 0.6 is 15.9 Å². The average molecular weight is 345 g/mol. The Hall–Kier alpha value is -2.05. The van der Waals surface area contributed by atoms with Crippen LogP contribution in [0.4, 0.5) is 0 Å². The molecule has 0 aliphatic heterocycles. The Morgan fingerprint density at radius 1 is 1.10 bits per heavy atom. The highest BCUT2D eigenvalue weighted by atomic mass is 79.9. The molecule has 6 heteroatoms. The number of halogens is 1. The minimum Gasteiger partial charge on any atom is -0.386 e. The Labute approximate surface area is 130 Å². The van der Waals surface area contributed by atoms with Crippen LogP contribution < -0.4 is 0 Å². The largest absolute Gasteiger partial charge is 0.386 e. The van der Waals surface area contributed by atoms with Crippen LogP contribution in [0.5, 0.6) is 0 Å². The van der Waals surface area contributed by atoms with E-state index < -0.39 is 6.10 Å². The average Bonchev–Trinajstić information content (AvgIpc) is 2.97. The maximum Gasteiger partial charge on any atom is 0.204 e. The predicted molar refractivity (Wildman–Crippen MR) is 82.4 cm³/mol. The van der Waals surface area contributed by atoms with Gasteiger partial charge < -0.3 is 5.11 Å². The molecule has 1 aromatic heterocycles. The van der Waals surface area contributed by atoms with Gasteiger partial charge in [-0.05, 0) is 22.9 Å². The van der Waals surface area contributed by atoms with Crippen LogP contribution in [0.3, 0.4) is 0 Å². The summed E-state index contributed by atoms with van der Waals surface area (Å²) in [5, 5.41) is 22.5. The molecule has 0 bridgehead atoms. The second-order valence-corrected chi connectivity index (χ2v) is 5.52. The molecule has 0 amide bonds. The number of hydrogen-bond donors (Lipinski definition) is 1. The summed E-state index contributed by atoms with van der Waals surface area (Å²) in [6.07, 6.45) is -0.680. The highest BCUT2D eigenvalue weighted by Gasteiger charge is 2.12. The van der Waals surface area contributed by atoms with Crippen LogP contribution in [0.25, 0.3) is 11.4 Å². The fourth-order valence-corrected chi connectivity index (χ4v) is 2.41. The first kappa shape index (κ1) is 13.9. The molecule has 0 spiro atoms. The molecule has 1 unspecified atom stereocenters. The Morgan fingerprint density at radius 2 is 1.90 bits per heavy atom. The predicted octanol–water partition coefficient (Wildman–Crippen LogP) is 2.84. The summed E-state index contributed by atoms with van der Waals surface area (Å²) in [5.74, 6) is 0.553. The highest BCUT2D eigenvalue weighted by Crippen LogP contribution is 2.19. The summed E-state index contributed by atoms with van der Waals surface area (Å²) < 4.78 is 0.926. The van der Waals surface area contributed by atoms with Crippen molar-refractivity contribution in [2.45, 2.75) is 12.6 Å².